The first-order chi connectivity index (χ1) is 16.2. The van der Waals surface area contributed by atoms with Gasteiger partial charge in [-0.05, 0) is 67.1 Å². The van der Waals surface area contributed by atoms with Crippen molar-refractivity contribution in [2.24, 2.45) is 0 Å². The number of thioether (sulfide) groups is 1. The largest absolute Gasteiger partial charge is 0.490 e. The van der Waals surface area contributed by atoms with Gasteiger partial charge in [0, 0.05) is 0 Å². The molecule has 2 amide bonds. The van der Waals surface area contributed by atoms with Gasteiger partial charge in [-0.1, -0.05) is 40.9 Å². The Morgan fingerprint density at radius 2 is 1.82 bits per heavy atom. The van der Waals surface area contributed by atoms with Gasteiger partial charge in [-0.25, -0.2) is 4.79 Å². The molecule has 1 aliphatic rings. The van der Waals surface area contributed by atoms with Gasteiger partial charge in [0.1, 0.15) is 12.6 Å². The Hall–Kier alpha value is -2.39. The third-order valence-corrected chi connectivity index (χ3v) is 6.65. The van der Waals surface area contributed by atoms with Crippen molar-refractivity contribution in [2.45, 2.75) is 26.5 Å². The molecule has 0 N–H and O–H groups in total. The van der Waals surface area contributed by atoms with Crippen LogP contribution in [0.4, 0.5) is 4.79 Å². The summed E-state index contributed by atoms with van der Waals surface area (Å²) in [4.78, 5) is 37.9. The first-order valence-corrected chi connectivity index (χ1v) is 12.0. The SMILES string of the molecule is CCOc1cc(/C=C2/SC(=O)N([C@H](C)C(=O)OC)C2=O)cc(Cl)c1OCc1ccc(Cl)c(Cl)c1. The van der Waals surface area contributed by atoms with Gasteiger partial charge in [-0.3, -0.25) is 14.5 Å². The molecule has 7 nitrogen and oxygen atoms in total. The van der Waals surface area contributed by atoms with Crippen molar-refractivity contribution in [1.82, 2.24) is 4.90 Å². The van der Waals surface area contributed by atoms with Gasteiger partial charge in [0.25, 0.3) is 11.1 Å². The van der Waals surface area contributed by atoms with E-state index in [1.54, 1.807) is 30.3 Å². The van der Waals surface area contributed by atoms with Gasteiger partial charge in [-0.2, -0.15) is 0 Å². The van der Waals surface area contributed by atoms with Crippen molar-refractivity contribution < 1.29 is 28.6 Å². The highest BCUT2D eigenvalue weighted by molar-refractivity contribution is 8.18. The molecule has 0 saturated carbocycles. The minimum Gasteiger partial charge on any atom is -0.490 e. The zero-order valence-corrected chi connectivity index (χ0v) is 21.5. The molecule has 180 valence electrons. The van der Waals surface area contributed by atoms with Crippen LogP contribution in [-0.2, 0) is 20.9 Å². The van der Waals surface area contributed by atoms with Crippen molar-refractivity contribution in [3.8, 4) is 11.5 Å². The number of ether oxygens (including phenoxy) is 3. The summed E-state index contributed by atoms with van der Waals surface area (Å²) in [7, 11) is 1.19. The van der Waals surface area contributed by atoms with Gasteiger partial charge in [-0.15, -0.1) is 0 Å². The maximum Gasteiger partial charge on any atom is 0.328 e. The van der Waals surface area contributed by atoms with Crippen molar-refractivity contribution in [3.63, 3.8) is 0 Å². The molecule has 1 atom stereocenters. The molecule has 0 spiro atoms. The molecule has 0 bridgehead atoms. The van der Waals surface area contributed by atoms with E-state index in [2.05, 4.69) is 4.74 Å². The van der Waals surface area contributed by atoms with E-state index in [0.717, 1.165) is 22.2 Å². The lowest BCUT2D eigenvalue weighted by Gasteiger charge is -2.18. The molecule has 0 aromatic heterocycles. The Labute approximate surface area is 215 Å². The van der Waals surface area contributed by atoms with E-state index in [1.807, 2.05) is 6.92 Å². The molecule has 34 heavy (non-hydrogen) atoms. The highest BCUT2D eigenvalue weighted by atomic mass is 35.5. The van der Waals surface area contributed by atoms with Crippen LogP contribution in [0.2, 0.25) is 15.1 Å². The average molecular weight is 545 g/mol. The maximum absolute atomic E-state index is 12.8. The minimum absolute atomic E-state index is 0.142. The Balaban J connectivity index is 1.86. The molecule has 1 heterocycles. The monoisotopic (exact) mass is 543 g/mol. The summed E-state index contributed by atoms with van der Waals surface area (Å²) in [6.07, 6.45) is 1.51. The van der Waals surface area contributed by atoms with E-state index in [4.69, 9.17) is 44.3 Å². The molecule has 0 aliphatic carbocycles. The fourth-order valence-corrected chi connectivity index (χ4v) is 4.60. The summed E-state index contributed by atoms with van der Waals surface area (Å²) in [6, 6.07) is 7.34. The van der Waals surface area contributed by atoms with Gasteiger partial charge in [0.2, 0.25) is 0 Å². The predicted molar refractivity (Wildman–Crippen MR) is 133 cm³/mol. The number of carbonyl (C=O) groups excluding carboxylic acids is 3. The van der Waals surface area contributed by atoms with E-state index in [1.165, 1.54) is 20.1 Å². The van der Waals surface area contributed by atoms with Crippen LogP contribution in [0.1, 0.15) is 25.0 Å². The number of rotatable bonds is 8. The van der Waals surface area contributed by atoms with Crippen LogP contribution in [0.3, 0.4) is 0 Å². The van der Waals surface area contributed by atoms with Gasteiger partial charge in [0.05, 0.1) is 33.7 Å². The molecule has 1 saturated heterocycles. The number of nitrogens with zero attached hydrogens (tertiary/aromatic N) is 1. The van der Waals surface area contributed by atoms with E-state index in [0.29, 0.717) is 33.7 Å². The van der Waals surface area contributed by atoms with Crippen molar-refractivity contribution in [1.29, 1.82) is 0 Å². The number of carbonyl (C=O) groups is 3. The smallest absolute Gasteiger partial charge is 0.328 e. The standard InChI is InChI=1S/C23H20Cl3NO6S/c1-4-32-18-9-14(10-19-21(28)27(23(30)34-19)12(2)22(29)31-3)8-17(26)20(18)33-11-13-5-6-15(24)16(25)7-13/h5-10,12H,4,11H2,1-3H3/b19-10+/t12-/m1/s1. The van der Waals surface area contributed by atoms with Crippen LogP contribution in [0.5, 0.6) is 11.5 Å². The number of halogens is 3. The summed E-state index contributed by atoms with van der Waals surface area (Å²) in [5, 5.41) is 0.532. The number of hydrogen-bond donors (Lipinski definition) is 0. The molecular formula is C23H20Cl3NO6S. The summed E-state index contributed by atoms with van der Waals surface area (Å²) in [5.41, 5.74) is 1.30. The van der Waals surface area contributed by atoms with E-state index >= 15 is 0 Å². The van der Waals surface area contributed by atoms with Crippen LogP contribution < -0.4 is 9.47 Å². The highest BCUT2D eigenvalue weighted by Gasteiger charge is 2.41. The van der Waals surface area contributed by atoms with Crippen LogP contribution in [-0.4, -0.2) is 41.8 Å². The lowest BCUT2D eigenvalue weighted by molar-refractivity contribution is -0.148. The topological polar surface area (TPSA) is 82.1 Å². The fourth-order valence-electron chi connectivity index (χ4n) is 3.10. The number of imide groups is 1. The number of methoxy groups -OCH3 is 1. The Kier molecular flexibility index (Phi) is 8.76. The van der Waals surface area contributed by atoms with Crippen molar-refractivity contribution in [2.75, 3.05) is 13.7 Å². The van der Waals surface area contributed by atoms with Crippen molar-refractivity contribution >= 4 is 69.8 Å². The van der Waals surface area contributed by atoms with Crippen LogP contribution in [0.15, 0.2) is 35.2 Å². The van der Waals surface area contributed by atoms with Gasteiger partial charge >= 0.3 is 5.97 Å². The molecule has 3 rings (SSSR count). The summed E-state index contributed by atoms with van der Waals surface area (Å²) < 4.78 is 16.2. The third-order valence-electron chi connectivity index (χ3n) is 4.75. The quantitative estimate of drug-likeness (QED) is 0.288. The molecule has 0 unspecified atom stereocenters. The Morgan fingerprint density at radius 3 is 2.47 bits per heavy atom. The second-order valence-corrected chi connectivity index (χ2v) is 9.27. The van der Waals surface area contributed by atoms with E-state index < -0.39 is 23.2 Å². The zero-order valence-electron chi connectivity index (χ0n) is 18.4. The van der Waals surface area contributed by atoms with Gasteiger partial charge in [0.15, 0.2) is 11.5 Å². The molecular weight excluding hydrogens is 525 g/mol. The second kappa shape index (κ2) is 11.4. The molecule has 2 aromatic carbocycles. The number of amides is 2. The lowest BCUT2D eigenvalue weighted by atomic mass is 10.1. The first kappa shape index (κ1) is 26.2. The van der Waals surface area contributed by atoms with Crippen molar-refractivity contribution in [3.05, 3.63) is 61.4 Å². The lowest BCUT2D eigenvalue weighted by Crippen LogP contribution is -2.42. The average Bonchev–Trinajstić information content (AvgIpc) is 3.07. The predicted octanol–water partition coefficient (Wildman–Crippen LogP) is 6.22. The minimum atomic E-state index is -1.04. The van der Waals surface area contributed by atoms with E-state index in [9.17, 15) is 14.4 Å². The Morgan fingerprint density at radius 1 is 1.09 bits per heavy atom. The zero-order chi connectivity index (χ0) is 25.0. The fraction of sp³-hybridized carbons (Fsp3) is 0.261. The normalized spacial score (nSPS) is 15.6. The summed E-state index contributed by atoms with van der Waals surface area (Å²) in [6.45, 7) is 3.74. The Bertz CT molecular complexity index is 1170. The maximum atomic E-state index is 12.8. The number of hydrogen-bond acceptors (Lipinski definition) is 7. The second-order valence-electron chi connectivity index (χ2n) is 7.05. The molecule has 1 aliphatic heterocycles. The summed E-state index contributed by atoms with van der Waals surface area (Å²) >= 11 is 19.2. The molecule has 0 radical (unpaired) electrons. The first-order valence-electron chi connectivity index (χ1n) is 10.0. The molecule has 2 aromatic rings. The van der Waals surface area contributed by atoms with Gasteiger partial charge < -0.3 is 14.2 Å². The van der Waals surface area contributed by atoms with Crippen LogP contribution in [0.25, 0.3) is 6.08 Å². The highest BCUT2D eigenvalue weighted by Crippen LogP contribution is 2.40. The summed E-state index contributed by atoms with van der Waals surface area (Å²) in [5.74, 6) is -0.599. The molecule has 1 fully saturated rings. The van der Waals surface area contributed by atoms with E-state index in [-0.39, 0.29) is 16.5 Å². The van der Waals surface area contributed by atoms with Crippen LogP contribution >= 0.6 is 46.6 Å². The molecule has 11 heteroatoms. The number of benzene rings is 2. The third kappa shape index (κ3) is 5.81. The number of esters is 1. The van der Waals surface area contributed by atoms with Crippen LogP contribution in [0, 0.1) is 0 Å².